The number of fused-ring (bicyclic) bond motifs is 1. The summed E-state index contributed by atoms with van der Waals surface area (Å²) in [6.45, 7) is 2.50. The van der Waals surface area contributed by atoms with Gasteiger partial charge in [-0.1, -0.05) is 15.9 Å². The SMILES string of the molecule is CCOP(=O)(OCC)C(F)(F)c1cc2cc(N(C)CCCC(F)(F)F)ncc2cc1Br. The third kappa shape index (κ3) is 6.15. The summed E-state index contributed by atoms with van der Waals surface area (Å²) in [7, 11) is -3.24. The lowest BCUT2D eigenvalue weighted by Crippen LogP contribution is -2.21. The first-order valence-corrected chi connectivity index (χ1v) is 11.8. The maximum absolute atomic E-state index is 15.2. The lowest BCUT2D eigenvalue weighted by molar-refractivity contribution is -0.135. The summed E-state index contributed by atoms with van der Waals surface area (Å²) in [5.74, 6) is 0.323. The highest BCUT2D eigenvalue weighted by Crippen LogP contribution is 2.67. The molecule has 0 bridgehead atoms. The molecular weight excluding hydrogens is 510 g/mol. The van der Waals surface area contributed by atoms with Gasteiger partial charge in [0.15, 0.2) is 0 Å². The molecule has 0 aliphatic heterocycles. The van der Waals surface area contributed by atoms with Crippen molar-refractivity contribution in [2.45, 2.75) is 38.5 Å². The van der Waals surface area contributed by atoms with Crippen LogP contribution in [0.3, 0.4) is 0 Å². The summed E-state index contributed by atoms with van der Waals surface area (Å²) in [5, 5.41) is 0.867. The van der Waals surface area contributed by atoms with Crippen molar-refractivity contribution in [2.75, 3.05) is 31.7 Å². The Balaban J connectivity index is 2.41. The quantitative estimate of drug-likeness (QED) is 0.241. The van der Waals surface area contributed by atoms with E-state index in [0.29, 0.717) is 16.6 Å². The number of aromatic nitrogens is 1. The number of alkyl halides is 5. The fourth-order valence-corrected chi connectivity index (χ4v) is 5.23. The summed E-state index contributed by atoms with van der Waals surface area (Å²) >= 11 is 3.09. The lowest BCUT2D eigenvalue weighted by atomic mass is 10.1. The molecule has 0 atom stereocenters. The molecule has 0 saturated heterocycles. The van der Waals surface area contributed by atoms with E-state index in [2.05, 4.69) is 20.9 Å². The zero-order valence-corrected chi connectivity index (χ0v) is 19.7. The minimum Gasteiger partial charge on any atom is -0.360 e. The third-order valence-electron chi connectivity index (χ3n) is 4.40. The number of hydrogen-bond donors (Lipinski definition) is 0. The second-order valence-corrected chi connectivity index (χ2v) is 9.66. The van der Waals surface area contributed by atoms with Gasteiger partial charge >= 0.3 is 19.4 Å². The largest absolute Gasteiger partial charge is 0.404 e. The van der Waals surface area contributed by atoms with Gasteiger partial charge in [0.05, 0.1) is 13.2 Å². The van der Waals surface area contributed by atoms with Gasteiger partial charge in [-0.2, -0.15) is 22.0 Å². The highest BCUT2D eigenvalue weighted by atomic mass is 79.9. The van der Waals surface area contributed by atoms with Crippen LogP contribution in [-0.4, -0.2) is 38.0 Å². The van der Waals surface area contributed by atoms with Crippen LogP contribution in [0.4, 0.5) is 27.8 Å². The maximum atomic E-state index is 15.2. The van der Waals surface area contributed by atoms with Gasteiger partial charge in [-0.05, 0) is 43.9 Å². The topological polar surface area (TPSA) is 51.7 Å². The average molecular weight is 533 g/mol. The van der Waals surface area contributed by atoms with E-state index in [0.717, 1.165) is 6.07 Å². The molecule has 0 spiro atoms. The standard InChI is InChI=1S/C19H23BrF5N2O3P/c1-4-29-31(28,30-5-2)19(24,25)15-9-13-11-17(26-12-14(13)10-16(15)20)27(3)8-6-7-18(21,22)23/h9-12H,4-8H2,1-3H3. The van der Waals surface area contributed by atoms with E-state index < -0.39 is 31.4 Å². The van der Waals surface area contributed by atoms with Crippen molar-refractivity contribution in [3.05, 3.63) is 34.4 Å². The summed E-state index contributed by atoms with van der Waals surface area (Å²) < 4.78 is 90.0. The van der Waals surface area contributed by atoms with E-state index in [-0.39, 0.29) is 30.7 Å². The molecule has 12 heteroatoms. The van der Waals surface area contributed by atoms with Crippen molar-refractivity contribution in [1.29, 1.82) is 0 Å². The Bertz CT molecular complexity index is 948. The Morgan fingerprint density at radius 2 is 1.68 bits per heavy atom. The van der Waals surface area contributed by atoms with E-state index in [1.165, 1.54) is 37.1 Å². The van der Waals surface area contributed by atoms with Crippen molar-refractivity contribution in [3.63, 3.8) is 0 Å². The van der Waals surface area contributed by atoms with Crippen LogP contribution in [0.5, 0.6) is 0 Å². The van der Waals surface area contributed by atoms with Crippen LogP contribution in [0.15, 0.2) is 28.9 Å². The molecule has 0 aliphatic carbocycles. The first-order chi connectivity index (χ1) is 14.3. The fourth-order valence-electron chi connectivity index (χ4n) is 2.91. The number of halogens is 6. The summed E-state index contributed by atoms with van der Waals surface area (Å²) in [6, 6.07) is 4.04. The van der Waals surface area contributed by atoms with Crippen LogP contribution >= 0.6 is 23.5 Å². The Morgan fingerprint density at radius 3 is 2.23 bits per heavy atom. The molecule has 5 nitrogen and oxygen atoms in total. The highest BCUT2D eigenvalue weighted by Gasteiger charge is 2.55. The number of nitrogens with zero attached hydrogens (tertiary/aromatic N) is 2. The molecule has 1 heterocycles. The van der Waals surface area contributed by atoms with Crippen LogP contribution in [-0.2, 0) is 19.3 Å². The molecule has 0 unspecified atom stereocenters. The Hall–Kier alpha value is -1.29. The molecule has 174 valence electrons. The Morgan fingerprint density at radius 1 is 1.06 bits per heavy atom. The van der Waals surface area contributed by atoms with Gasteiger partial charge in [-0.15, -0.1) is 0 Å². The minimum atomic E-state index is -4.81. The van der Waals surface area contributed by atoms with Crippen molar-refractivity contribution in [2.24, 2.45) is 0 Å². The molecule has 0 N–H and O–H groups in total. The fraction of sp³-hybridized carbons (Fsp3) is 0.526. The second-order valence-electron chi connectivity index (χ2n) is 6.74. The molecular formula is C19H23BrF5N2O3P. The van der Waals surface area contributed by atoms with Crippen LogP contribution in [0.25, 0.3) is 10.8 Å². The first-order valence-electron chi connectivity index (χ1n) is 9.49. The molecule has 0 radical (unpaired) electrons. The number of benzene rings is 1. The molecule has 0 saturated carbocycles. The molecule has 1 aromatic heterocycles. The average Bonchev–Trinajstić information content (AvgIpc) is 2.66. The molecule has 31 heavy (non-hydrogen) atoms. The van der Waals surface area contributed by atoms with Gasteiger partial charge in [0.25, 0.3) is 0 Å². The van der Waals surface area contributed by atoms with Gasteiger partial charge in [0, 0.05) is 41.6 Å². The molecule has 0 amide bonds. The molecule has 1 aromatic carbocycles. The van der Waals surface area contributed by atoms with Gasteiger partial charge in [-0.3, -0.25) is 4.57 Å². The second kappa shape index (κ2) is 10.1. The van der Waals surface area contributed by atoms with E-state index in [1.807, 2.05) is 0 Å². The predicted octanol–water partition coefficient (Wildman–Crippen LogP) is 7.09. The monoisotopic (exact) mass is 532 g/mol. The number of rotatable bonds is 10. The van der Waals surface area contributed by atoms with Crippen LogP contribution in [0, 0.1) is 0 Å². The maximum Gasteiger partial charge on any atom is 0.404 e. The van der Waals surface area contributed by atoms with Crippen molar-refractivity contribution < 1.29 is 35.6 Å². The smallest absolute Gasteiger partial charge is 0.360 e. The zero-order valence-electron chi connectivity index (χ0n) is 17.2. The molecule has 2 rings (SSSR count). The lowest BCUT2D eigenvalue weighted by Gasteiger charge is -2.27. The summed E-state index contributed by atoms with van der Waals surface area (Å²) in [6.07, 6.45) is -3.88. The van der Waals surface area contributed by atoms with E-state index in [1.54, 1.807) is 7.05 Å². The summed E-state index contributed by atoms with van der Waals surface area (Å²) in [5.41, 5.74) is -4.52. The van der Waals surface area contributed by atoms with Gasteiger partial charge < -0.3 is 13.9 Å². The summed E-state index contributed by atoms with van der Waals surface area (Å²) in [4.78, 5) is 5.70. The molecule has 0 aliphatic rings. The molecule has 2 aromatic rings. The highest BCUT2D eigenvalue weighted by molar-refractivity contribution is 9.10. The minimum absolute atomic E-state index is 0.00212. The van der Waals surface area contributed by atoms with Gasteiger partial charge in [0.2, 0.25) is 0 Å². The van der Waals surface area contributed by atoms with Crippen molar-refractivity contribution in [3.8, 4) is 0 Å². The Labute approximate surface area is 185 Å². The van der Waals surface area contributed by atoms with Crippen molar-refractivity contribution in [1.82, 2.24) is 4.98 Å². The van der Waals surface area contributed by atoms with E-state index in [4.69, 9.17) is 9.05 Å². The van der Waals surface area contributed by atoms with Crippen LogP contribution in [0.1, 0.15) is 32.3 Å². The van der Waals surface area contributed by atoms with E-state index in [9.17, 15) is 17.7 Å². The normalized spacial score (nSPS) is 13.1. The van der Waals surface area contributed by atoms with Gasteiger partial charge in [0.1, 0.15) is 5.82 Å². The zero-order chi connectivity index (χ0) is 23.4. The van der Waals surface area contributed by atoms with Gasteiger partial charge in [-0.25, -0.2) is 4.98 Å². The molecule has 0 fully saturated rings. The van der Waals surface area contributed by atoms with Crippen LogP contribution in [0.2, 0.25) is 0 Å². The number of anilines is 1. The van der Waals surface area contributed by atoms with E-state index >= 15 is 8.78 Å². The number of pyridine rings is 1. The predicted molar refractivity (Wildman–Crippen MR) is 113 cm³/mol. The van der Waals surface area contributed by atoms with Crippen LogP contribution < -0.4 is 4.90 Å². The first kappa shape index (κ1) is 26.0. The third-order valence-corrected chi connectivity index (χ3v) is 7.19. The van der Waals surface area contributed by atoms with Crippen molar-refractivity contribution >= 4 is 40.1 Å². The number of hydrogen-bond acceptors (Lipinski definition) is 5. The Kier molecular flexibility index (Phi) is 8.46.